The molecule has 1 aliphatic carbocycles. The van der Waals surface area contributed by atoms with Gasteiger partial charge in [-0.05, 0) is 43.9 Å². The zero-order valence-electron chi connectivity index (χ0n) is 17.3. The Kier molecular flexibility index (Phi) is 7.17. The Hall–Kier alpha value is -2.08. The first-order valence-corrected chi connectivity index (χ1v) is 11.0. The number of carbonyl (C=O) groups is 3. The highest BCUT2D eigenvalue weighted by molar-refractivity contribution is 6.31. The predicted molar refractivity (Wildman–Crippen MR) is 114 cm³/mol. The molecule has 1 aromatic rings. The molecular weight excluding hydrogens is 390 g/mol. The molecule has 0 spiro atoms. The molecule has 1 heterocycles. The van der Waals surface area contributed by atoms with Crippen molar-refractivity contribution in [2.75, 3.05) is 24.7 Å². The third-order valence-corrected chi connectivity index (χ3v) is 5.97. The van der Waals surface area contributed by atoms with Crippen LogP contribution in [0.2, 0.25) is 5.02 Å². The highest BCUT2D eigenvalue weighted by atomic mass is 35.5. The lowest BCUT2D eigenvalue weighted by Crippen LogP contribution is -2.45. The standard InChI is InChI=1S/C22H30ClN3O3/c1-3-5-7-16(4-2)22(29)25(18-10-11-18)14-20(27)24-13-21(28)26(15-24)19-9-6-8-17(23)12-19/h6,8-9,12,16,18H,3-5,7,10-11,13-15H2,1-2H3/t16-/m0/s1. The third kappa shape index (κ3) is 5.30. The van der Waals surface area contributed by atoms with Crippen LogP contribution in [0.4, 0.5) is 5.69 Å². The molecule has 3 amide bonds. The molecule has 0 aromatic heterocycles. The van der Waals surface area contributed by atoms with Crippen molar-refractivity contribution >= 4 is 35.0 Å². The van der Waals surface area contributed by atoms with Crippen LogP contribution < -0.4 is 4.90 Å². The van der Waals surface area contributed by atoms with E-state index in [1.165, 1.54) is 4.90 Å². The summed E-state index contributed by atoms with van der Waals surface area (Å²) >= 11 is 6.03. The van der Waals surface area contributed by atoms with Gasteiger partial charge in [-0.2, -0.15) is 0 Å². The number of hydrogen-bond acceptors (Lipinski definition) is 3. The Labute approximate surface area is 177 Å². The number of nitrogens with zero attached hydrogens (tertiary/aromatic N) is 3. The van der Waals surface area contributed by atoms with Crippen molar-refractivity contribution in [1.82, 2.24) is 9.80 Å². The van der Waals surface area contributed by atoms with Crippen molar-refractivity contribution in [2.24, 2.45) is 5.92 Å². The lowest BCUT2D eigenvalue weighted by molar-refractivity contribution is -0.143. The number of amides is 3. The van der Waals surface area contributed by atoms with Crippen LogP contribution in [0.5, 0.6) is 0 Å². The first-order valence-electron chi connectivity index (χ1n) is 10.6. The monoisotopic (exact) mass is 419 g/mol. The van der Waals surface area contributed by atoms with Crippen LogP contribution in [0.3, 0.4) is 0 Å². The van der Waals surface area contributed by atoms with Crippen molar-refractivity contribution in [3.63, 3.8) is 0 Å². The molecule has 7 heteroatoms. The summed E-state index contributed by atoms with van der Waals surface area (Å²) in [4.78, 5) is 43.3. The molecule has 0 bridgehead atoms. The van der Waals surface area contributed by atoms with E-state index in [4.69, 9.17) is 11.6 Å². The van der Waals surface area contributed by atoms with Gasteiger partial charge in [0.05, 0.1) is 0 Å². The fraction of sp³-hybridized carbons (Fsp3) is 0.591. The zero-order valence-corrected chi connectivity index (χ0v) is 18.0. The zero-order chi connectivity index (χ0) is 21.0. The molecule has 1 atom stereocenters. The van der Waals surface area contributed by atoms with E-state index in [2.05, 4.69) is 6.92 Å². The average Bonchev–Trinajstić information content (AvgIpc) is 3.47. The molecule has 0 unspecified atom stereocenters. The maximum atomic E-state index is 13.1. The number of carbonyl (C=O) groups excluding carboxylic acids is 3. The average molecular weight is 420 g/mol. The minimum absolute atomic E-state index is 0.0217. The van der Waals surface area contributed by atoms with Crippen LogP contribution in [0.1, 0.15) is 52.4 Å². The second-order valence-electron chi connectivity index (χ2n) is 7.98. The SMILES string of the molecule is CCCC[C@H](CC)C(=O)N(CC(=O)N1CC(=O)N(c2cccc(Cl)c2)C1)C1CC1. The molecule has 1 saturated carbocycles. The van der Waals surface area contributed by atoms with E-state index in [1.54, 1.807) is 34.1 Å². The van der Waals surface area contributed by atoms with Gasteiger partial charge in [0.25, 0.3) is 0 Å². The normalized spacial score (nSPS) is 17.6. The largest absolute Gasteiger partial charge is 0.330 e. The Morgan fingerprint density at radius 2 is 2.03 bits per heavy atom. The summed E-state index contributed by atoms with van der Waals surface area (Å²) in [7, 11) is 0. The second-order valence-corrected chi connectivity index (χ2v) is 8.42. The van der Waals surface area contributed by atoms with Crippen LogP contribution in [-0.4, -0.2) is 53.3 Å². The Bertz CT molecular complexity index is 765. The summed E-state index contributed by atoms with van der Waals surface area (Å²) in [6, 6.07) is 7.22. The van der Waals surface area contributed by atoms with Crippen LogP contribution in [0.15, 0.2) is 24.3 Å². The van der Waals surface area contributed by atoms with E-state index in [0.717, 1.165) is 38.5 Å². The molecule has 1 saturated heterocycles. The lowest BCUT2D eigenvalue weighted by Gasteiger charge is -2.28. The van der Waals surface area contributed by atoms with E-state index in [1.807, 2.05) is 6.92 Å². The minimum Gasteiger partial charge on any atom is -0.330 e. The Morgan fingerprint density at radius 1 is 1.28 bits per heavy atom. The highest BCUT2D eigenvalue weighted by Gasteiger charge is 2.39. The summed E-state index contributed by atoms with van der Waals surface area (Å²) < 4.78 is 0. The number of rotatable bonds is 9. The van der Waals surface area contributed by atoms with Crippen molar-refractivity contribution in [1.29, 1.82) is 0 Å². The summed E-state index contributed by atoms with van der Waals surface area (Å²) in [6.07, 6.45) is 5.65. The summed E-state index contributed by atoms with van der Waals surface area (Å²) in [5.41, 5.74) is 0.679. The van der Waals surface area contributed by atoms with Gasteiger partial charge in [0.15, 0.2) is 0 Å². The smallest absolute Gasteiger partial charge is 0.248 e. The third-order valence-electron chi connectivity index (χ3n) is 5.74. The number of anilines is 1. The second kappa shape index (κ2) is 9.61. The maximum Gasteiger partial charge on any atom is 0.248 e. The van der Waals surface area contributed by atoms with Crippen molar-refractivity contribution in [3.05, 3.63) is 29.3 Å². The van der Waals surface area contributed by atoms with Gasteiger partial charge in [-0.15, -0.1) is 0 Å². The fourth-order valence-corrected chi connectivity index (χ4v) is 3.98. The topological polar surface area (TPSA) is 60.9 Å². The summed E-state index contributed by atoms with van der Waals surface area (Å²) in [5, 5.41) is 0.545. The van der Waals surface area contributed by atoms with E-state index in [9.17, 15) is 14.4 Å². The molecule has 2 fully saturated rings. The van der Waals surface area contributed by atoms with Crippen molar-refractivity contribution in [2.45, 2.75) is 58.4 Å². The van der Waals surface area contributed by atoms with Gasteiger partial charge in [-0.1, -0.05) is 44.4 Å². The van der Waals surface area contributed by atoms with Crippen LogP contribution in [0.25, 0.3) is 0 Å². The molecule has 0 N–H and O–H groups in total. The van der Waals surface area contributed by atoms with Crippen LogP contribution in [0, 0.1) is 5.92 Å². The Morgan fingerprint density at radius 3 is 2.66 bits per heavy atom. The number of halogens is 1. The maximum absolute atomic E-state index is 13.1. The van der Waals surface area contributed by atoms with Crippen LogP contribution in [-0.2, 0) is 14.4 Å². The van der Waals surface area contributed by atoms with Crippen molar-refractivity contribution < 1.29 is 14.4 Å². The quantitative estimate of drug-likeness (QED) is 0.613. The van der Waals surface area contributed by atoms with E-state index < -0.39 is 0 Å². The number of unbranched alkanes of at least 4 members (excludes halogenated alkanes) is 1. The lowest BCUT2D eigenvalue weighted by atomic mass is 9.97. The first-order chi connectivity index (χ1) is 13.9. The molecule has 2 aliphatic rings. The van der Waals surface area contributed by atoms with E-state index in [0.29, 0.717) is 10.7 Å². The van der Waals surface area contributed by atoms with Gasteiger partial charge < -0.3 is 9.80 Å². The predicted octanol–water partition coefficient (Wildman–Crippen LogP) is 3.68. The minimum atomic E-state index is -0.173. The van der Waals surface area contributed by atoms with Crippen LogP contribution >= 0.6 is 11.6 Å². The summed E-state index contributed by atoms with van der Waals surface area (Å²) in [6.45, 7) is 4.44. The Balaban J connectivity index is 1.64. The molecular formula is C22H30ClN3O3. The molecule has 3 rings (SSSR count). The van der Waals surface area contributed by atoms with Crippen molar-refractivity contribution in [3.8, 4) is 0 Å². The fourth-order valence-electron chi connectivity index (χ4n) is 3.79. The van der Waals surface area contributed by atoms with Gasteiger partial charge in [0.1, 0.15) is 19.8 Å². The summed E-state index contributed by atoms with van der Waals surface area (Å²) in [5.74, 6) is -0.242. The van der Waals surface area contributed by atoms with Gasteiger partial charge in [-0.3, -0.25) is 19.3 Å². The molecule has 158 valence electrons. The highest BCUT2D eigenvalue weighted by Crippen LogP contribution is 2.30. The number of hydrogen-bond donors (Lipinski definition) is 0. The van der Waals surface area contributed by atoms with E-state index >= 15 is 0 Å². The first kappa shape index (κ1) is 21.6. The molecule has 1 aliphatic heterocycles. The number of benzene rings is 1. The van der Waals surface area contributed by atoms with Gasteiger partial charge >= 0.3 is 0 Å². The van der Waals surface area contributed by atoms with E-state index in [-0.39, 0.29) is 49.4 Å². The van der Waals surface area contributed by atoms with Gasteiger partial charge in [0, 0.05) is 22.7 Å². The van der Waals surface area contributed by atoms with Gasteiger partial charge in [-0.25, -0.2) is 0 Å². The molecule has 1 aromatic carbocycles. The molecule has 29 heavy (non-hydrogen) atoms. The molecule has 0 radical (unpaired) electrons. The molecule has 6 nitrogen and oxygen atoms in total. The van der Waals surface area contributed by atoms with Gasteiger partial charge in [0.2, 0.25) is 17.7 Å².